The van der Waals surface area contributed by atoms with E-state index < -0.39 is 7.32 Å². The van der Waals surface area contributed by atoms with Gasteiger partial charge in [0, 0.05) is 6.20 Å². The smallest absolute Gasteiger partial charge is 0.506 e. The second kappa shape index (κ2) is 7.31. The SMILES string of the molecule is CCCc1ncccc1O.OB(O)O. The molecule has 5 nitrogen and oxygen atoms in total. The van der Waals surface area contributed by atoms with Crippen LogP contribution in [0.1, 0.15) is 19.0 Å². The zero-order valence-electron chi connectivity index (χ0n) is 7.96. The molecular weight excluding hydrogens is 185 g/mol. The maximum atomic E-state index is 9.18. The van der Waals surface area contributed by atoms with Crippen LogP contribution in [0.3, 0.4) is 0 Å². The lowest BCUT2D eigenvalue weighted by Gasteiger charge is -1.98. The summed E-state index contributed by atoms with van der Waals surface area (Å²) in [6, 6.07) is 3.40. The van der Waals surface area contributed by atoms with Gasteiger partial charge in [0.25, 0.3) is 0 Å². The molecular formula is C8H14BNO4. The van der Waals surface area contributed by atoms with Crippen LogP contribution in [0.15, 0.2) is 18.3 Å². The molecule has 0 aliphatic rings. The lowest BCUT2D eigenvalue weighted by molar-refractivity contribution is 0.278. The molecule has 1 aromatic heterocycles. The molecule has 1 rings (SSSR count). The normalized spacial score (nSPS) is 8.86. The summed E-state index contributed by atoms with van der Waals surface area (Å²) >= 11 is 0. The van der Waals surface area contributed by atoms with E-state index in [4.69, 9.17) is 15.1 Å². The summed E-state index contributed by atoms with van der Waals surface area (Å²) in [5, 5.41) is 30.7. The van der Waals surface area contributed by atoms with Crippen molar-refractivity contribution < 1.29 is 20.2 Å². The van der Waals surface area contributed by atoms with Crippen LogP contribution in [0.5, 0.6) is 5.75 Å². The Morgan fingerprint density at radius 1 is 1.36 bits per heavy atom. The fourth-order valence-electron chi connectivity index (χ4n) is 0.859. The Bertz CT molecular complexity index is 254. The minimum absolute atomic E-state index is 0.310. The zero-order valence-corrected chi connectivity index (χ0v) is 7.96. The monoisotopic (exact) mass is 199 g/mol. The lowest BCUT2D eigenvalue weighted by Crippen LogP contribution is -2.07. The molecule has 1 aromatic rings. The summed E-state index contributed by atoms with van der Waals surface area (Å²) < 4.78 is 0. The van der Waals surface area contributed by atoms with E-state index in [9.17, 15) is 5.11 Å². The van der Waals surface area contributed by atoms with E-state index in [1.807, 2.05) is 0 Å². The highest BCUT2D eigenvalue weighted by Gasteiger charge is 1.97. The van der Waals surface area contributed by atoms with E-state index in [0.29, 0.717) is 5.75 Å². The molecule has 78 valence electrons. The van der Waals surface area contributed by atoms with Crippen LogP contribution >= 0.6 is 0 Å². The van der Waals surface area contributed by atoms with Crippen molar-refractivity contribution in [3.8, 4) is 5.75 Å². The van der Waals surface area contributed by atoms with Crippen LogP contribution in [0, 0.1) is 0 Å². The average Bonchev–Trinajstić information content (AvgIpc) is 2.08. The maximum absolute atomic E-state index is 9.18. The fourth-order valence-corrected chi connectivity index (χ4v) is 0.859. The van der Waals surface area contributed by atoms with Crippen molar-refractivity contribution >= 4 is 7.32 Å². The number of nitrogens with zero attached hydrogens (tertiary/aromatic N) is 1. The van der Waals surface area contributed by atoms with Crippen LogP contribution in [0.2, 0.25) is 0 Å². The molecule has 0 bridgehead atoms. The Kier molecular flexibility index (Phi) is 6.74. The topological polar surface area (TPSA) is 93.8 Å². The molecule has 0 saturated carbocycles. The van der Waals surface area contributed by atoms with E-state index in [2.05, 4.69) is 11.9 Å². The van der Waals surface area contributed by atoms with Crippen molar-refractivity contribution in [1.29, 1.82) is 0 Å². The minimum atomic E-state index is -2.17. The van der Waals surface area contributed by atoms with Gasteiger partial charge in [0.2, 0.25) is 0 Å². The third kappa shape index (κ3) is 6.42. The van der Waals surface area contributed by atoms with Gasteiger partial charge in [-0.15, -0.1) is 0 Å². The van der Waals surface area contributed by atoms with Crippen LogP contribution in [0.25, 0.3) is 0 Å². The molecule has 0 aliphatic heterocycles. The van der Waals surface area contributed by atoms with Gasteiger partial charge in [-0.05, 0) is 18.6 Å². The third-order valence-corrected chi connectivity index (χ3v) is 1.35. The highest BCUT2D eigenvalue weighted by Crippen LogP contribution is 2.13. The Morgan fingerprint density at radius 3 is 2.36 bits per heavy atom. The number of pyridine rings is 1. The first kappa shape index (κ1) is 12.9. The Labute approximate surface area is 82.9 Å². The number of aromatic hydroxyl groups is 1. The molecule has 0 spiro atoms. The third-order valence-electron chi connectivity index (χ3n) is 1.35. The number of hydrogen-bond donors (Lipinski definition) is 4. The summed E-state index contributed by atoms with van der Waals surface area (Å²) in [5.41, 5.74) is 0.796. The summed E-state index contributed by atoms with van der Waals surface area (Å²) in [6.07, 6.45) is 3.57. The first-order valence-electron chi connectivity index (χ1n) is 4.25. The van der Waals surface area contributed by atoms with Crippen LogP contribution in [-0.4, -0.2) is 32.5 Å². The molecule has 0 aliphatic carbocycles. The van der Waals surface area contributed by atoms with Gasteiger partial charge in [-0.3, -0.25) is 4.98 Å². The van der Waals surface area contributed by atoms with E-state index >= 15 is 0 Å². The largest absolute Gasteiger partial charge is 0.631 e. The molecule has 0 radical (unpaired) electrons. The molecule has 0 atom stereocenters. The lowest BCUT2D eigenvalue weighted by atomic mass is 10.2. The molecule has 1 heterocycles. The molecule has 0 amide bonds. The van der Waals surface area contributed by atoms with Gasteiger partial charge in [0.15, 0.2) is 0 Å². The average molecular weight is 199 g/mol. The number of aromatic nitrogens is 1. The maximum Gasteiger partial charge on any atom is 0.631 e. The summed E-state index contributed by atoms with van der Waals surface area (Å²) in [5.74, 6) is 0.310. The van der Waals surface area contributed by atoms with Crippen molar-refractivity contribution in [2.45, 2.75) is 19.8 Å². The summed E-state index contributed by atoms with van der Waals surface area (Å²) in [7, 11) is -2.17. The van der Waals surface area contributed by atoms with Crippen molar-refractivity contribution in [3.63, 3.8) is 0 Å². The standard InChI is InChI=1S/C8H11NO.BH3O3/c1-2-4-7-8(10)5-3-6-9-7;2-1(3)4/h3,5-6,10H,2,4H2,1H3;2-4H. The molecule has 0 aromatic carbocycles. The minimum Gasteiger partial charge on any atom is -0.506 e. The van der Waals surface area contributed by atoms with Gasteiger partial charge in [0.05, 0.1) is 5.69 Å². The Balaban J connectivity index is 0.000000364. The highest BCUT2D eigenvalue weighted by molar-refractivity contribution is 6.30. The van der Waals surface area contributed by atoms with Crippen LogP contribution in [-0.2, 0) is 6.42 Å². The van der Waals surface area contributed by atoms with Gasteiger partial charge in [0.1, 0.15) is 5.75 Å². The van der Waals surface area contributed by atoms with Gasteiger partial charge >= 0.3 is 7.32 Å². The van der Waals surface area contributed by atoms with Gasteiger partial charge in [-0.25, -0.2) is 0 Å². The van der Waals surface area contributed by atoms with Gasteiger partial charge in [-0.2, -0.15) is 0 Å². The quantitative estimate of drug-likeness (QED) is 0.490. The van der Waals surface area contributed by atoms with Crippen LogP contribution < -0.4 is 0 Å². The molecule has 4 N–H and O–H groups in total. The summed E-state index contributed by atoms with van der Waals surface area (Å²) in [4.78, 5) is 4.02. The second-order valence-electron chi connectivity index (χ2n) is 2.57. The predicted octanol–water partition coefficient (Wildman–Crippen LogP) is -0.312. The summed E-state index contributed by atoms with van der Waals surface area (Å²) in [6.45, 7) is 2.06. The second-order valence-corrected chi connectivity index (χ2v) is 2.57. The van der Waals surface area contributed by atoms with E-state index in [-0.39, 0.29) is 0 Å². The predicted molar refractivity (Wildman–Crippen MR) is 52.3 cm³/mol. The van der Waals surface area contributed by atoms with Crippen molar-refractivity contribution in [3.05, 3.63) is 24.0 Å². The van der Waals surface area contributed by atoms with Crippen molar-refractivity contribution in [2.75, 3.05) is 0 Å². The Morgan fingerprint density at radius 2 is 1.93 bits per heavy atom. The zero-order chi connectivity index (χ0) is 11.0. The van der Waals surface area contributed by atoms with Crippen LogP contribution in [0.4, 0.5) is 0 Å². The molecule has 0 saturated heterocycles. The van der Waals surface area contributed by atoms with Crippen molar-refractivity contribution in [2.24, 2.45) is 0 Å². The van der Waals surface area contributed by atoms with Gasteiger partial charge < -0.3 is 20.2 Å². The Hall–Kier alpha value is -1.11. The molecule has 0 fully saturated rings. The van der Waals surface area contributed by atoms with Crippen molar-refractivity contribution in [1.82, 2.24) is 4.98 Å². The number of rotatable bonds is 2. The number of hydrogen-bond acceptors (Lipinski definition) is 5. The molecule has 14 heavy (non-hydrogen) atoms. The van der Waals surface area contributed by atoms with Gasteiger partial charge in [-0.1, -0.05) is 13.3 Å². The highest BCUT2D eigenvalue weighted by atomic mass is 16.5. The fraction of sp³-hybridized carbons (Fsp3) is 0.375. The molecule has 0 unspecified atom stereocenters. The van der Waals surface area contributed by atoms with E-state index in [0.717, 1.165) is 18.5 Å². The first-order chi connectivity index (χ1) is 6.57. The van der Waals surface area contributed by atoms with E-state index in [1.54, 1.807) is 18.3 Å². The molecule has 6 heteroatoms. The number of aryl methyl sites for hydroxylation is 1. The van der Waals surface area contributed by atoms with E-state index in [1.165, 1.54) is 0 Å². The first-order valence-corrected chi connectivity index (χ1v) is 4.25.